The number of aryl methyl sites for hydroxylation is 2. The molecular weight excluding hydrogens is 428 g/mol. The van der Waals surface area contributed by atoms with Gasteiger partial charge in [0, 0.05) is 56.4 Å². The Labute approximate surface area is 191 Å². The summed E-state index contributed by atoms with van der Waals surface area (Å²) in [6, 6.07) is 2.15. The zero-order valence-corrected chi connectivity index (χ0v) is 19.8. The Kier molecular flexibility index (Phi) is 5.98. The third-order valence-electron chi connectivity index (χ3n) is 6.55. The molecule has 0 aliphatic carbocycles. The number of fused-ring (bicyclic) bond motifs is 1. The Morgan fingerprint density at radius 3 is 2.81 bits per heavy atom. The number of hydrogen-bond donors (Lipinski definition) is 0. The van der Waals surface area contributed by atoms with Gasteiger partial charge < -0.3 is 19.3 Å². The van der Waals surface area contributed by atoms with Crippen LogP contribution in [0.25, 0.3) is 0 Å². The van der Waals surface area contributed by atoms with Crippen molar-refractivity contribution in [2.45, 2.75) is 49.8 Å². The van der Waals surface area contributed by atoms with Crippen molar-refractivity contribution >= 4 is 28.6 Å². The predicted octanol–water partition coefficient (Wildman–Crippen LogP) is 1.52. The van der Waals surface area contributed by atoms with Crippen LogP contribution >= 0.6 is 0 Å². The van der Waals surface area contributed by atoms with E-state index in [9.17, 15) is 4.79 Å². The Bertz CT molecular complexity index is 986. The summed E-state index contributed by atoms with van der Waals surface area (Å²) in [6.07, 6.45) is 6.99. The fraction of sp³-hybridized carbons (Fsp3) is 0.636. The van der Waals surface area contributed by atoms with Gasteiger partial charge in [0.25, 0.3) is 0 Å². The van der Waals surface area contributed by atoms with E-state index < -0.39 is 0 Å². The summed E-state index contributed by atoms with van der Waals surface area (Å²) in [5.74, 6) is 2.60. The largest absolute Gasteiger partial charge is 0.454 e. The summed E-state index contributed by atoms with van der Waals surface area (Å²) in [5.41, 5.74) is 1.54. The zero-order chi connectivity index (χ0) is 22.2. The fourth-order valence-corrected chi connectivity index (χ4v) is 6.26. The van der Waals surface area contributed by atoms with Crippen molar-refractivity contribution in [2.75, 3.05) is 55.2 Å². The number of carbonyl (C=O) groups excluding carboxylic acids is 1. The van der Waals surface area contributed by atoms with Gasteiger partial charge in [0.05, 0.1) is 13.1 Å². The highest BCUT2D eigenvalue weighted by Gasteiger charge is 2.40. The number of esters is 1. The first kappa shape index (κ1) is 21.5. The maximum Gasteiger partial charge on any atom is 0.359 e. The maximum absolute atomic E-state index is 12.4. The summed E-state index contributed by atoms with van der Waals surface area (Å²) in [7, 11) is 2.34. The SMILES string of the molecule is CCn1ccc(C(=O)OC2CN(c3nc4c(c(N(C)C5CCOCC5)n3)[S+](C)CC4)C2)n1. The van der Waals surface area contributed by atoms with Gasteiger partial charge in [-0.2, -0.15) is 10.1 Å². The van der Waals surface area contributed by atoms with Crippen LogP contribution in [0.5, 0.6) is 0 Å². The lowest BCUT2D eigenvalue weighted by Gasteiger charge is -2.39. The van der Waals surface area contributed by atoms with Crippen LogP contribution in [0, 0.1) is 0 Å². The van der Waals surface area contributed by atoms with Crippen molar-refractivity contribution in [3.8, 4) is 0 Å². The van der Waals surface area contributed by atoms with E-state index in [0.29, 0.717) is 24.8 Å². The highest BCUT2D eigenvalue weighted by Crippen LogP contribution is 2.36. The topological polar surface area (TPSA) is 85.6 Å². The Morgan fingerprint density at radius 1 is 1.31 bits per heavy atom. The van der Waals surface area contributed by atoms with Crippen LogP contribution in [0.15, 0.2) is 17.2 Å². The van der Waals surface area contributed by atoms with E-state index in [0.717, 1.165) is 56.5 Å². The van der Waals surface area contributed by atoms with E-state index in [1.54, 1.807) is 16.9 Å². The standard InChI is InChI=1S/C22H31N6O3S/c1-4-28-9-5-18(25-28)21(29)31-16-13-27(14-16)22-23-17-8-12-32(3)19(17)20(24-22)26(2)15-6-10-30-11-7-15/h5,9,15-16H,4,6-8,10-14H2,1-3H3/q+1. The van der Waals surface area contributed by atoms with E-state index >= 15 is 0 Å². The molecule has 1 atom stereocenters. The molecule has 9 nitrogen and oxygen atoms in total. The Hall–Kier alpha value is -2.33. The number of nitrogens with zero attached hydrogens (tertiary/aromatic N) is 6. The molecule has 5 heterocycles. The van der Waals surface area contributed by atoms with E-state index in [-0.39, 0.29) is 23.0 Å². The lowest BCUT2D eigenvalue weighted by Crippen LogP contribution is -2.54. The summed E-state index contributed by atoms with van der Waals surface area (Å²) >= 11 is 0. The van der Waals surface area contributed by atoms with Crippen molar-refractivity contribution in [3.63, 3.8) is 0 Å². The molecule has 32 heavy (non-hydrogen) atoms. The van der Waals surface area contributed by atoms with Crippen LogP contribution in [0.2, 0.25) is 0 Å². The number of carbonyl (C=O) groups is 1. The first-order valence-corrected chi connectivity index (χ1v) is 13.2. The number of aromatic nitrogens is 4. The van der Waals surface area contributed by atoms with Crippen molar-refractivity contribution in [2.24, 2.45) is 0 Å². The minimum absolute atomic E-state index is 0.163. The van der Waals surface area contributed by atoms with Gasteiger partial charge in [-0.05, 0) is 25.8 Å². The molecule has 0 radical (unpaired) electrons. The summed E-state index contributed by atoms with van der Waals surface area (Å²) < 4.78 is 12.9. The van der Waals surface area contributed by atoms with Crippen molar-refractivity contribution in [1.29, 1.82) is 0 Å². The highest BCUT2D eigenvalue weighted by atomic mass is 32.2. The minimum atomic E-state index is -0.369. The van der Waals surface area contributed by atoms with E-state index in [1.807, 2.05) is 6.92 Å². The van der Waals surface area contributed by atoms with E-state index in [2.05, 4.69) is 28.2 Å². The molecule has 0 N–H and O–H groups in total. The number of hydrogen-bond acceptors (Lipinski definition) is 8. The van der Waals surface area contributed by atoms with Crippen LogP contribution < -0.4 is 9.80 Å². The van der Waals surface area contributed by atoms with E-state index in [4.69, 9.17) is 19.4 Å². The first-order chi connectivity index (χ1) is 15.5. The molecule has 0 bridgehead atoms. The average molecular weight is 460 g/mol. The Morgan fingerprint density at radius 2 is 2.09 bits per heavy atom. The molecule has 1 unspecified atom stereocenters. The average Bonchev–Trinajstić information content (AvgIpc) is 3.42. The summed E-state index contributed by atoms with van der Waals surface area (Å²) in [6.45, 7) is 5.54. The molecule has 0 amide bonds. The molecule has 2 saturated heterocycles. The van der Waals surface area contributed by atoms with Gasteiger partial charge in [0.15, 0.2) is 11.5 Å². The molecule has 0 saturated carbocycles. The van der Waals surface area contributed by atoms with Gasteiger partial charge >= 0.3 is 5.97 Å². The molecule has 2 aromatic heterocycles. The summed E-state index contributed by atoms with van der Waals surface area (Å²) in [4.78, 5) is 28.1. The fourth-order valence-electron chi connectivity index (χ4n) is 4.51. The van der Waals surface area contributed by atoms with E-state index in [1.165, 1.54) is 10.6 Å². The number of rotatable bonds is 6. The Balaban J connectivity index is 1.29. The van der Waals surface area contributed by atoms with Crippen molar-refractivity contribution in [1.82, 2.24) is 19.7 Å². The molecule has 0 spiro atoms. The van der Waals surface area contributed by atoms with Crippen LogP contribution in [-0.4, -0.2) is 83.2 Å². The zero-order valence-electron chi connectivity index (χ0n) is 19.0. The molecule has 3 aliphatic heterocycles. The van der Waals surface area contributed by atoms with Crippen molar-refractivity contribution in [3.05, 3.63) is 23.7 Å². The molecule has 2 fully saturated rings. The second-order valence-electron chi connectivity index (χ2n) is 8.66. The number of anilines is 2. The molecule has 0 aromatic carbocycles. The second kappa shape index (κ2) is 8.90. The minimum Gasteiger partial charge on any atom is -0.454 e. The third kappa shape index (κ3) is 4.05. The van der Waals surface area contributed by atoms with Crippen LogP contribution in [0.3, 0.4) is 0 Å². The first-order valence-electron chi connectivity index (χ1n) is 11.4. The van der Waals surface area contributed by atoms with Gasteiger partial charge in [-0.25, -0.2) is 9.78 Å². The smallest absolute Gasteiger partial charge is 0.359 e. The van der Waals surface area contributed by atoms with Crippen LogP contribution in [0.1, 0.15) is 35.9 Å². The van der Waals surface area contributed by atoms with Gasteiger partial charge in [-0.15, -0.1) is 0 Å². The molecule has 2 aromatic rings. The van der Waals surface area contributed by atoms with Gasteiger partial charge in [-0.1, -0.05) is 0 Å². The van der Waals surface area contributed by atoms with Gasteiger partial charge in [0.1, 0.15) is 23.8 Å². The lowest BCUT2D eigenvalue weighted by molar-refractivity contribution is 0.0223. The third-order valence-corrected chi connectivity index (χ3v) is 8.48. The van der Waals surface area contributed by atoms with Crippen LogP contribution in [-0.2, 0) is 33.3 Å². The lowest BCUT2D eigenvalue weighted by atomic mass is 10.1. The predicted molar refractivity (Wildman–Crippen MR) is 124 cm³/mol. The van der Waals surface area contributed by atoms with Crippen LogP contribution in [0.4, 0.5) is 11.8 Å². The molecule has 3 aliphatic rings. The normalized spacial score (nSPS) is 21.3. The van der Waals surface area contributed by atoms with Crippen molar-refractivity contribution < 1.29 is 14.3 Å². The molecule has 10 heteroatoms. The number of ether oxygens (including phenoxy) is 2. The van der Waals surface area contributed by atoms with Gasteiger partial charge in [0.2, 0.25) is 10.8 Å². The highest BCUT2D eigenvalue weighted by molar-refractivity contribution is 7.96. The van der Waals surface area contributed by atoms with Gasteiger partial charge in [-0.3, -0.25) is 4.68 Å². The maximum atomic E-state index is 12.4. The molecule has 5 rings (SSSR count). The molecular formula is C22H31N6O3S+. The quantitative estimate of drug-likeness (QED) is 0.475. The summed E-state index contributed by atoms with van der Waals surface area (Å²) in [5, 5.41) is 4.23. The molecule has 172 valence electrons. The second-order valence-corrected chi connectivity index (χ2v) is 10.7. The monoisotopic (exact) mass is 459 g/mol.